The second kappa shape index (κ2) is 40.1. The van der Waals surface area contributed by atoms with Crippen molar-refractivity contribution in [3.63, 3.8) is 0 Å². The van der Waals surface area contributed by atoms with Gasteiger partial charge in [0.1, 0.15) is 0 Å². The Morgan fingerprint density at radius 1 is 0.615 bits per heavy atom. The van der Waals surface area contributed by atoms with Gasteiger partial charge in [-0.15, -0.1) is 0 Å². The third-order valence-corrected chi connectivity index (χ3v) is 0. The summed E-state index contributed by atoms with van der Waals surface area (Å²) in [5.74, 6) is 0. The molecule has 1 radical (unpaired) electrons. The van der Waals surface area contributed by atoms with Crippen LogP contribution in [0, 0.1) is 0 Å². The maximum atomic E-state index is 8.74. The molecule has 0 aliphatic rings. The molecule has 11 nitrogen and oxygen atoms in total. The molecule has 0 aliphatic heterocycles. The van der Waals surface area contributed by atoms with Crippen molar-refractivity contribution >= 4 is 10.4 Å². The van der Waals surface area contributed by atoms with Gasteiger partial charge in [-0.25, -0.2) is 0 Å². The van der Waals surface area contributed by atoms with Gasteiger partial charge in [-0.2, -0.15) is 8.42 Å². The molecule has 0 aromatic carbocycles. The second-order valence-electron chi connectivity index (χ2n) is 0.448. The van der Waals surface area contributed by atoms with Gasteiger partial charge in [-0.3, -0.25) is 9.11 Å². The Morgan fingerprint density at radius 3 is 0.615 bits per heavy atom. The van der Waals surface area contributed by atoms with E-state index in [-0.39, 0.29) is 55.1 Å². The van der Waals surface area contributed by atoms with Gasteiger partial charge in [-0.1, -0.05) is 0 Å². The smallest absolute Gasteiger partial charge is 0.394 e. The predicted molar refractivity (Wildman–Crippen MR) is 39.5 cm³/mol. The number of hydrogen-bond acceptors (Lipinski definition) is 2. The summed E-state index contributed by atoms with van der Waals surface area (Å²) in [6, 6.07) is 0. The molecule has 0 fully saturated rings. The van der Waals surface area contributed by atoms with Gasteiger partial charge < -0.3 is 38.3 Å². The van der Waals surface area contributed by atoms with Gasteiger partial charge in [0.05, 0.1) is 0 Å². The maximum absolute atomic E-state index is 8.74. The SMILES string of the molecule is O.O.O.O.O.O.O.O=S(=O)(O)O.[Co]. The molecule has 13 heavy (non-hydrogen) atoms. The van der Waals surface area contributed by atoms with Crippen molar-refractivity contribution in [1.82, 2.24) is 0 Å². The number of hydrogen-bond donors (Lipinski definition) is 2. The number of rotatable bonds is 0. The zero-order valence-electron chi connectivity index (χ0n) is 5.95. The fraction of sp³-hybridized carbons (Fsp3) is 0. The van der Waals surface area contributed by atoms with Crippen molar-refractivity contribution in [2.24, 2.45) is 0 Å². The van der Waals surface area contributed by atoms with E-state index in [9.17, 15) is 0 Å². The average molecular weight is 283 g/mol. The Labute approximate surface area is 83.7 Å². The normalized spacial score (nSPS) is 4.46. The molecule has 0 aromatic rings. The molecule has 0 heterocycles. The molecule has 13 heteroatoms. The van der Waals surface area contributed by atoms with Crippen LogP contribution in [0.1, 0.15) is 0 Å². The summed E-state index contributed by atoms with van der Waals surface area (Å²) in [5, 5.41) is 0. The van der Waals surface area contributed by atoms with E-state index in [0.29, 0.717) is 0 Å². The van der Waals surface area contributed by atoms with Crippen LogP contribution < -0.4 is 0 Å². The Hall–Kier alpha value is 0.0965. The van der Waals surface area contributed by atoms with Crippen LogP contribution in [0.3, 0.4) is 0 Å². The van der Waals surface area contributed by atoms with Crippen molar-refractivity contribution in [2.75, 3.05) is 0 Å². The molecule has 97 valence electrons. The summed E-state index contributed by atoms with van der Waals surface area (Å²) in [4.78, 5) is 0. The zero-order valence-corrected chi connectivity index (χ0v) is 7.81. The third kappa shape index (κ3) is 132000. The van der Waals surface area contributed by atoms with E-state index in [2.05, 4.69) is 0 Å². The van der Waals surface area contributed by atoms with Crippen LogP contribution in [-0.2, 0) is 27.2 Å². The topological polar surface area (TPSA) is 295 Å². The Kier molecular flexibility index (Phi) is 352. The molecule has 16 N–H and O–H groups in total. The van der Waals surface area contributed by atoms with Crippen LogP contribution >= 0.6 is 0 Å². The molecule has 0 saturated heterocycles. The maximum Gasteiger partial charge on any atom is 0.394 e. The van der Waals surface area contributed by atoms with Crippen LogP contribution in [-0.4, -0.2) is 55.9 Å². The molecular formula is H16CoO11S. The summed E-state index contributed by atoms with van der Waals surface area (Å²) >= 11 is 0. The van der Waals surface area contributed by atoms with Gasteiger partial charge >= 0.3 is 10.4 Å². The monoisotopic (exact) mass is 283 g/mol. The Morgan fingerprint density at radius 2 is 0.615 bits per heavy atom. The summed E-state index contributed by atoms with van der Waals surface area (Å²) in [6.07, 6.45) is 0. The van der Waals surface area contributed by atoms with Crippen LogP contribution in [0.15, 0.2) is 0 Å². The van der Waals surface area contributed by atoms with Crippen molar-refractivity contribution < 1.29 is 72.6 Å². The molecule has 0 atom stereocenters. The van der Waals surface area contributed by atoms with Gasteiger partial charge in [0.25, 0.3) is 0 Å². The third-order valence-electron chi connectivity index (χ3n) is 0. The molecule has 0 bridgehead atoms. The molecule has 0 rings (SSSR count). The van der Waals surface area contributed by atoms with Crippen molar-refractivity contribution in [3.05, 3.63) is 0 Å². The second-order valence-corrected chi connectivity index (χ2v) is 1.34. The van der Waals surface area contributed by atoms with E-state index in [1.54, 1.807) is 0 Å². The molecule has 0 aliphatic carbocycles. The molecule has 0 spiro atoms. The van der Waals surface area contributed by atoms with Crippen molar-refractivity contribution in [2.45, 2.75) is 0 Å². The van der Waals surface area contributed by atoms with Crippen LogP contribution in [0.2, 0.25) is 0 Å². The summed E-state index contributed by atoms with van der Waals surface area (Å²) in [6.45, 7) is 0. The van der Waals surface area contributed by atoms with Crippen LogP contribution in [0.4, 0.5) is 0 Å². The first-order chi connectivity index (χ1) is 2.00. The van der Waals surface area contributed by atoms with Gasteiger partial charge in [0.15, 0.2) is 0 Å². The zero-order chi connectivity index (χ0) is 4.50. The summed E-state index contributed by atoms with van der Waals surface area (Å²) in [5.41, 5.74) is 0. The van der Waals surface area contributed by atoms with E-state index in [0.717, 1.165) is 0 Å². The fourth-order valence-corrected chi connectivity index (χ4v) is 0. The van der Waals surface area contributed by atoms with Gasteiger partial charge in [-0.05, 0) is 0 Å². The minimum atomic E-state index is -4.67. The quantitative estimate of drug-likeness (QED) is 0.409. The standard InChI is InChI=1S/Co.H2O4S.7H2O/c;1-5(2,3)4;;;;;;;/h;(H2,1,2,3,4);7*1H2. The van der Waals surface area contributed by atoms with Crippen molar-refractivity contribution in [3.8, 4) is 0 Å². The van der Waals surface area contributed by atoms with Crippen LogP contribution in [0.5, 0.6) is 0 Å². The first-order valence-electron chi connectivity index (χ1n) is 0.698. The predicted octanol–water partition coefficient (Wildman–Crippen LogP) is -6.43. The minimum absolute atomic E-state index is 0. The Balaban J connectivity index is -0.00000000286. The fourth-order valence-electron chi connectivity index (χ4n) is 0. The molecule has 0 unspecified atom stereocenters. The minimum Gasteiger partial charge on any atom is -0.412 e. The van der Waals surface area contributed by atoms with E-state index < -0.39 is 10.4 Å². The van der Waals surface area contributed by atoms with Gasteiger partial charge in [0, 0.05) is 16.8 Å². The molecule has 0 aromatic heterocycles. The first kappa shape index (κ1) is 114. The van der Waals surface area contributed by atoms with E-state index >= 15 is 0 Å². The van der Waals surface area contributed by atoms with E-state index in [1.807, 2.05) is 0 Å². The van der Waals surface area contributed by atoms with Crippen molar-refractivity contribution in [1.29, 1.82) is 0 Å². The molecule has 0 saturated carbocycles. The first-order valence-corrected chi connectivity index (χ1v) is 2.10. The summed E-state index contributed by atoms with van der Waals surface area (Å²) < 4.78 is 31.6. The van der Waals surface area contributed by atoms with Gasteiger partial charge in [0.2, 0.25) is 0 Å². The van der Waals surface area contributed by atoms with E-state index in [4.69, 9.17) is 17.5 Å². The summed E-state index contributed by atoms with van der Waals surface area (Å²) in [7, 11) is -4.67. The van der Waals surface area contributed by atoms with E-state index in [1.165, 1.54) is 0 Å². The average Bonchev–Trinajstić information content (AvgIpc) is 0.722. The van der Waals surface area contributed by atoms with Crippen LogP contribution in [0.25, 0.3) is 0 Å². The molecule has 0 amide bonds. The largest absolute Gasteiger partial charge is 0.412 e. The molecular weight excluding hydrogens is 267 g/mol. The Bertz CT molecular complexity index is 93.3.